The van der Waals surface area contributed by atoms with Crippen LogP contribution < -0.4 is 5.11 Å². The van der Waals surface area contributed by atoms with E-state index < -0.39 is 23.2 Å². The minimum Gasteiger partial charge on any atom is -0.870 e. The Labute approximate surface area is 220 Å². The molecule has 0 aromatic heterocycles. The van der Waals surface area contributed by atoms with Crippen LogP contribution in [0, 0.1) is 0 Å². The van der Waals surface area contributed by atoms with Gasteiger partial charge in [-0.3, -0.25) is 0 Å². The van der Waals surface area contributed by atoms with Gasteiger partial charge in [0.15, 0.2) is 5.75 Å². The van der Waals surface area contributed by atoms with Crippen LogP contribution in [0.3, 0.4) is 0 Å². The van der Waals surface area contributed by atoms with Crippen molar-refractivity contribution in [2.24, 2.45) is 0 Å². The Morgan fingerprint density at radius 2 is 0.972 bits per heavy atom. The van der Waals surface area contributed by atoms with E-state index in [0.717, 1.165) is 25.3 Å². The summed E-state index contributed by atoms with van der Waals surface area (Å²) in [6, 6.07) is 0.965. The second kappa shape index (κ2) is 21.2. The molecule has 0 saturated carbocycles. The summed E-state index contributed by atoms with van der Waals surface area (Å²) in [5, 5.41) is 40.4. The number of rotatable bonds is 24. The molecule has 0 aliphatic rings. The molecule has 208 valence electrons. The molecule has 0 fully saturated rings. The molecule has 0 saturated heterocycles. The normalized spacial score (nSPS) is 11.2. The number of carboxylic acids is 1. The predicted molar refractivity (Wildman–Crippen MR) is 147 cm³/mol. The molecule has 5 nitrogen and oxygen atoms in total. The van der Waals surface area contributed by atoms with Crippen LogP contribution in [0.2, 0.25) is 0 Å². The van der Waals surface area contributed by atoms with Crippen LogP contribution in [0.25, 0.3) is 0 Å². The monoisotopic (exact) mass is 505 g/mol. The van der Waals surface area contributed by atoms with E-state index in [-0.39, 0.29) is 11.1 Å². The van der Waals surface area contributed by atoms with Gasteiger partial charge in [-0.05, 0) is 24.5 Å². The van der Waals surface area contributed by atoms with E-state index in [9.17, 15) is 25.2 Å². The lowest BCUT2D eigenvalue weighted by molar-refractivity contribution is -0.271. The molecule has 0 spiro atoms. The topological polar surface area (TPSA) is 101 Å². The maximum absolute atomic E-state index is 12.1. The van der Waals surface area contributed by atoms with Gasteiger partial charge in [0.1, 0.15) is 5.75 Å². The zero-order chi connectivity index (χ0) is 26.4. The molecular formula is C31H53O5-. The predicted octanol–water partition coefficient (Wildman–Crippen LogP) is 9.01. The first-order chi connectivity index (χ1) is 17.5. The van der Waals surface area contributed by atoms with Crippen LogP contribution in [-0.4, -0.2) is 21.3 Å². The first kappa shape index (κ1) is 32.1. The molecular weight excluding hydrogens is 452 g/mol. The number of phenolic OH excluding ortho intramolecular Hbond substituents is 2. The first-order valence-electron chi connectivity index (χ1n) is 15.0. The number of aromatic hydroxyl groups is 2. The second-order valence-corrected chi connectivity index (χ2v) is 10.6. The van der Waals surface area contributed by atoms with E-state index in [4.69, 9.17) is 0 Å². The zero-order valence-corrected chi connectivity index (χ0v) is 23.0. The van der Waals surface area contributed by atoms with Crippen LogP contribution in [0.4, 0.5) is 0 Å². The molecule has 1 aromatic rings. The number of hydrogen-bond acceptors (Lipinski definition) is 4. The van der Waals surface area contributed by atoms with E-state index in [0.29, 0.717) is 12.8 Å². The molecule has 0 radical (unpaired) electrons. The standard InChI is InChI=1S/C31H54O5/c1-2-3-4-5-6-7-8-9-10-11-12-13-14-15-16-17-18-19-20-21-22-23-24-26-27(31(35)36)25-28(32)30(34)29(26)33/h25,32-34H,2-24H2,1H3,(H,35,36)/p-1. The van der Waals surface area contributed by atoms with E-state index >= 15 is 0 Å². The Bertz CT molecular complexity index is 701. The Morgan fingerprint density at radius 1 is 0.639 bits per heavy atom. The molecule has 0 unspecified atom stereocenters. The van der Waals surface area contributed by atoms with Crippen LogP contribution in [0.5, 0.6) is 17.2 Å². The van der Waals surface area contributed by atoms with Gasteiger partial charge in [-0.2, -0.15) is 0 Å². The number of benzene rings is 1. The zero-order valence-electron chi connectivity index (χ0n) is 23.0. The highest BCUT2D eigenvalue weighted by atomic mass is 16.4. The van der Waals surface area contributed by atoms with Gasteiger partial charge in [0.2, 0.25) is 0 Å². The average Bonchev–Trinajstić information content (AvgIpc) is 2.86. The smallest absolute Gasteiger partial charge is 0.336 e. The molecule has 36 heavy (non-hydrogen) atoms. The van der Waals surface area contributed by atoms with Crippen molar-refractivity contribution in [2.45, 2.75) is 155 Å². The Morgan fingerprint density at radius 3 is 1.31 bits per heavy atom. The van der Waals surface area contributed by atoms with Gasteiger partial charge in [0, 0.05) is 0 Å². The number of aromatic carboxylic acids is 1. The van der Waals surface area contributed by atoms with Crippen molar-refractivity contribution < 1.29 is 25.2 Å². The van der Waals surface area contributed by atoms with Crippen molar-refractivity contribution >= 4 is 5.97 Å². The SMILES string of the molecule is CCCCCCCCCCCCCCCCCCCCCCCCc1c(C(=O)O)cc(O)c(O)c1[O-]. The minimum atomic E-state index is -1.25. The van der Waals surface area contributed by atoms with Crippen molar-refractivity contribution in [1.29, 1.82) is 0 Å². The number of phenols is 2. The molecule has 3 N–H and O–H groups in total. The van der Waals surface area contributed by atoms with Crippen molar-refractivity contribution in [3.05, 3.63) is 17.2 Å². The lowest BCUT2D eigenvalue weighted by Crippen LogP contribution is -2.07. The van der Waals surface area contributed by atoms with Gasteiger partial charge in [-0.25, -0.2) is 4.79 Å². The fourth-order valence-electron chi connectivity index (χ4n) is 5.02. The highest BCUT2D eigenvalue weighted by Crippen LogP contribution is 2.38. The lowest BCUT2D eigenvalue weighted by atomic mass is 9.98. The molecule has 0 amide bonds. The molecule has 1 rings (SSSR count). The van der Waals surface area contributed by atoms with Crippen LogP contribution in [0.15, 0.2) is 6.07 Å². The van der Waals surface area contributed by atoms with E-state index in [1.54, 1.807) is 0 Å². The largest absolute Gasteiger partial charge is 0.870 e. The highest BCUT2D eigenvalue weighted by molar-refractivity contribution is 5.91. The first-order valence-corrected chi connectivity index (χ1v) is 15.0. The number of carbonyl (C=O) groups is 1. The number of carboxylic acid groups (broad SMARTS) is 1. The summed E-state index contributed by atoms with van der Waals surface area (Å²) in [5.74, 6) is -3.45. The second-order valence-electron chi connectivity index (χ2n) is 10.6. The van der Waals surface area contributed by atoms with Crippen LogP contribution in [-0.2, 0) is 6.42 Å². The molecule has 0 atom stereocenters. The summed E-state index contributed by atoms with van der Waals surface area (Å²) in [6.07, 6.45) is 29.0. The van der Waals surface area contributed by atoms with Gasteiger partial charge in [-0.1, -0.05) is 148 Å². The lowest BCUT2D eigenvalue weighted by Gasteiger charge is -2.19. The van der Waals surface area contributed by atoms with Gasteiger partial charge in [0.05, 0.1) is 5.56 Å². The number of unbranched alkanes of at least 4 members (excludes halogenated alkanes) is 21. The van der Waals surface area contributed by atoms with E-state index in [1.165, 1.54) is 116 Å². The summed E-state index contributed by atoms with van der Waals surface area (Å²) >= 11 is 0. The summed E-state index contributed by atoms with van der Waals surface area (Å²) in [7, 11) is 0. The van der Waals surface area contributed by atoms with E-state index in [2.05, 4.69) is 6.92 Å². The third-order valence-electron chi connectivity index (χ3n) is 7.35. The molecule has 1 aromatic carbocycles. The van der Waals surface area contributed by atoms with Crippen molar-refractivity contribution in [3.63, 3.8) is 0 Å². The highest BCUT2D eigenvalue weighted by Gasteiger charge is 2.16. The summed E-state index contributed by atoms with van der Waals surface area (Å²) in [5.41, 5.74) is -0.121. The Kier molecular flexibility index (Phi) is 18.9. The van der Waals surface area contributed by atoms with Gasteiger partial charge in [0.25, 0.3) is 0 Å². The summed E-state index contributed by atoms with van der Waals surface area (Å²) in [4.78, 5) is 11.3. The minimum absolute atomic E-state index is 0.0889. The molecule has 0 aliphatic carbocycles. The maximum atomic E-state index is 12.1. The summed E-state index contributed by atoms with van der Waals surface area (Å²) in [6.45, 7) is 2.28. The summed E-state index contributed by atoms with van der Waals surface area (Å²) < 4.78 is 0. The van der Waals surface area contributed by atoms with Crippen LogP contribution >= 0.6 is 0 Å². The van der Waals surface area contributed by atoms with Crippen molar-refractivity contribution in [1.82, 2.24) is 0 Å². The fourth-order valence-corrected chi connectivity index (χ4v) is 5.02. The Hall–Kier alpha value is -1.91. The van der Waals surface area contributed by atoms with Crippen molar-refractivity contribution in [2.75, 3.05) is 0 Å². The van der Waals surface area contributed by atoms with Crippen LogP contribution in [0.1, 0.15) is 164 Å². The van der Waals surface area contributed by atoms with Gasteiger partial charge >= 0.3 is 5.97 Å². The molecule has 0 heterocycles. The van der Waals surface area contributed by atoms with E-state index in [1.807, 2.05) is 0 Å². The fraction of sp³-hybridized carbons (Fsp3) is 0.774. The molecule has 0 bridgehead atoms. The van der Waals surface area contributed by atoms with Crippen molar-refractivity contribution in [3.8, 4) is 17.2 Å². The molecule has 5 heteroatoms. The quantitative estimate of drug-likeness (QED) is 0.0961. The Balaban J connectivity index is 1.89. The molecule has 0 aliphatic heterocycles. The number of hydrogen-bond donors (Lipinski definition) is 3. The average molecular weight is 506 g/mol. The van der Waals surface area contributed by atoms with Gasteiger partial charge < -0.3 is 20.4 Å². The third kappa shape index (κ3) is 14.6. The maximum Gasteiger partial charge on any atom is 0.336 e. The third-order valence-corrected chi connectivity index (χ3v) is 7.35. The van der Waals surface area contributed by atoms with Gasteiger partial charge in [-0.15, -0.1) is 0 Å².